The molecule has 0 bridgehead atoms. The van der Waals surface area contributed by atoms with Gasteiger partial charge in [0, 0.05) is 59.7 Å². The minimum atomic E-state index is -0.868. The third-order valence-corrected chi connectivity index (χ3v) is 12.9. The maximum absolute atomic E-state index is 14.1. The Hall–Kier alpha value is -2.47. The van der Waals surface area contributed by atoms with Gasteiger partial charge in [-0.1, -0.05) is 50.1 Å². The molecule has 2 aromatic carbocycles. The first kappa shape index (κ1) is 34.4. The zero-order chi connectivity index (χ0) is 33.1. The van der Waals surface area contributed by atoms with E-state index in [0.717, 1.165) is 89.0 Å². The Labute approximate surface area is 295 Å². The van der Waals surface area contributed by atoms with Crippen LogP contribution in [0.5, 0.6) is 0 Å². The molecule has 11 heteroatoms. The predicted molar refractivity (Wildman–Crippen MR) is 190 cm³/mol. The number of nitrogens with zero attached hydrogens (tertiary/aromatic N) is 4. The van der Waals surface area contributed by atoms with Gasteiger partial charge in [0.15, 0.2) is 0 Å². The molecule has 47 heavy (non-hydrogen) atoms. The second kappa shape index (κ2) is 15.0. The maximum atomic E-state index is 14.1. The van der Waals surface area contributed by atoms with Gasteiger partial charge in [0.25, 0.3) is 0 Å². The van der Waals surface area contributed by atoms with Crippen LogP contribution in [-0.2, 0) is 22.6 Å². The molecule has 6 rings (SSSR count). The summed E-state index contributed by atoms with van der Waals surface area (Å²) in [6, 6.07) is 11.7. The van der Waals surface area contributed by atoms with Gasteiger partial charge in [-0.05, 0) is 112 Å². The van der Waals surface area contributed by atoms with Gasteiger partial charge >= 0.3 is 12.1 Å². The van der Waals surface area contributed by atoms with Crippen LogP contribution in [-0.4, -0.2) is 96.0 Å². The fraction of sp³-hybridized carbons (Fsp3) is 0.583. The number of halogens is 2. The van der Waals surface area contributed by atoms with E-state index >= 15 is 0 Å². The minimum Gasteiger partial charge on any atom is -0.444 e. The number of nitrogens with one attached hydrogen (secondary N) is 1. The average Bonchev–Trinajstić information content (AvgIpc) is 3.24. The summed E-state index contributed by atoms with van der Waals surface area (Å²) in [6.07, 6.45) is 7.16. The second-order valence-corrected chi connectivity index (χ2v) is 15.6. The van der Waals surface area contributed by atoms with E-state index in [-0.39, 0.29) is 25.1 Å². The van der Waals surface area contributed by atoms with Crippen LogP contribution in [0.2, 0.25) is 0 Å². The molecule has 254 valence electrons. The number of urea groups is 1. The number of hydrogen-bond donors (Lipinski definition) is 1. The van der Waals surface area contributed by atoms with Gasteiger partial charge in [-0.3, -0.25) is 9.80 Å². The number of hydrogen-bond acceptors (Lipinski definition) is 6. The minimum absolute atomic E-state index is 0.118. The number of carbonyl (C=O) groups is 3. The van der Waals surface area contributed by atoms with E-state index in [2.05, 4.69) is 60.1 Å². The van der Waals surface area contributed by atoms with Crippen LogP contribution in [0.1, 0.15) is 61.6 Å². The summed E-state index contributed by atoms with van der Waals surface area (Å²) in [6.45, 7) is 7.07. The van der Waals surface area contributed by atoms with Gasteiger partial charge in [0.1, 0.15) is 18.6 Å². The van der Waals surface area contributed by atoms with Gasteiger partial charge in [0.05, 0.1) is 0 Å². The fourth-order valence-electron chi connectivity index (χ4n) is 8.39. The Bertz CT molecular complexity index is 1440. The summed E-state index contributed by atoms with van der Waals surface area (Å²) in [5.41, 5.74) is 3.06. The van der Waals surface area contributed by atoms with Gasteiger partial charge in [-0.2, -0.15) is 0 Å². The summed E-state index contributed by atoms with van der Waals surface area (Å²) in [5, 5.41) is 3.13. The molecule has 3 saturated heterocycles. The molecule has 4 aliphatic rings. The van der Waals surface area contributed by atoms with E-state index in [4.69, 9.17) is 4.74 Å². The number of likely N-dealkylation sites (tertiary alicyclic amines) is 3. The summed E-state index contributed by atoms with van der Waals surface area (Å²) in [4.78, 5) is 48.8. The van der Waals surface area contributed by atoms with E-state index in [9.17, 15) is 14.4 Å². The van der Waals surface area contributed by atoms with Crippen LogP contribution >= 0.6 is 31.9 Å². The molecule has 3 amide bonds. The molecule has 0 aliphatic carbocycles. The van der Waals surface area contributed by atoms with Gasteiger partial charge in [-0.15, -0.1) is 0 Å². The van der Waals surface area contributed by atoms with Crippen molar-refractivity contribution in [2.45, 2.75) is 76.6 Å². The van der Waals surface area contributed by atoms with Crippen molar-refractivity contribution in [1.82, 2.24) is 19.6 Å². The van der Waals surface area contributed by atoms with Crippen molar-refractivity contribution in [2.24, 2.45) is 11.8 Å². The van der Waals surface area contributed by atoms with Crippen molar-refractivity contribution >= 4 is 56.0 Å². The van der Waals surface area contributed by atoms with Gasteiger partial charge in [0.2, 0.25) is 0 Å². The molecule has 0 radical (unpaired) electrons. The van der Waals surface area contributed by atoms with Crippen LogP contribution in [0.3, 0.4) is 0 Å². The molecule has 4 heterocycles. The molecule has 9 nitrogen and oxygen atoms in total. The van der Waals surface area contributed by atoms with Crippen LogP contribution < -0.4 is 5.32 Å². The Kier molecular flexibility index (Phi) is 11.0. The number of piperidine rings is 3. The molecule has 0 spiro atoms. The van der Waals surface area contributed by atoms with Crippen molar-refractivity contribution in [3.05, 3.63) is 62.0 Å². The quantitative estimate of drug-likeness (QED) is 0.304. The van der Waals surface area contributed by atoms with Crippen molar-refractivity contribution in [1.29, 1.82) is 0 Å². The highest BCUT2D eigenvalue weighted by Crippen LogP contribution is 2.42. The third kappa shape index (κ3) is 7.43. The monoisotopic (exact) mass is 771 g/mol. The number of fused-ring (bicyclic) bond motifs is 1. The van der Waals surface area contributed by atoms with E-state index < -0.39 is 11.8 Å². The number of aldehydes is 1. The van der Waals surface area contributed by atoms with E-state index in [1.807, 2.05) is 47.1 Å². The maximum Gasteiger partial charge on any atom is 0.411 e. The highest BCUT2D eigenvalue weighted by molar-refractivity contribution is 9.11. The van der Waals surface area contributed by atoms with E-state index in [0.29, 0.717) is 31.8 Å². The van der Waals surface area contributed by atoms with Gasteiger partial charge in [-0.25, -0.2) is 9.59 Å². The molecule has 2 aromatic rings. The molecule has 3 fully saturated rings. The van der Waals surface area contributed by atoms with Crippen LogP contribution in [0, 0.1) is 18.8 Å². The van der Waals surface area contributed by atoms with E-state index in [1.54, 1.807) is 0 Å². The average molecular weight is 774 g/mol. The first-order chi connectivity index (χ1) is 22.7. The molecule has 4 aliphatic heterocycles. The molecule has 1 N–H and O–H groups in total. The molecule has 0 aromatic heterocycles. The first-order valence-electron chi connectivity index (χ1n) is 17.1. The zero-order valence-electron chi connectivity index (χ0n) is 27.6. The van der Waals surface area contributed by atoms with Crippen molar-refractivity contribution < 1.29 is 19.1 Å². The molecule has 0 saturated carbocycles. The van der Waals surface area contributed by atoms with Gasteiger partial charge < -0.3 is 24.6 Å². The number of rotatable bonds is 7. The first-order valence-corrected chi connectivity index (χ1v) is 18.7. The number of ether oxygens (including phenoxy) is 1. The smallest absolute Gasteiger partial charge is 0.411 e. The van der Waals surface area contributed by atoms with Crippen LogP contribution in [0.4, 0.5) is 15.3 Å². The fourth-order valence-corrected chi connectivity index (χ4v) is 9.67. The number of anilines is 1. The molecule has 2 atom stereocenters. The standard InChI is InChI=1S/C36H47Br2N5O4/c1-25-31(37)21-26(22-32(25)38)24-47-35(46)43-19-12-30(42-18-11-29-5-3-4-6-33(29)39-34(42)45)23-36(43,13-20-44)41-16-9-28(10-17-41)27-7-14-40(2)15-8-27/h3-6,20-22,27-28,30H,7-19,23-24H2,1-2H3,(H,39,45)/t30-,36+/m1/s1. The molecule has 0 unspecified atom stereocenters. The highest BCUT2D eigenvalue weighted by atomic mass is 79.9. The summed E-state index contributed by atoms with van der Waals surface area (Å²) in [5.74, 6) is 1.38. The Morgan fingerprint density at radius 3 is 2.32 bits per heavy atom. The molecular weight excluding hydrogens is 726 g/mol. The summed E-state index contributed by atoms with van der Waals surface area (Å²) in [7, 11) is 2.20. The number of para-hydroxylation sites is 1. The predicted octanol–water partition coefficient (Wildman–Crippen LogP) is 7.05. The lowest BCUT2D eigenvalue weighted by atomic mass is 9.77. The Morgan fingerprint density at radius 1 is 0.979 bits per heavy atom. The Balaban J connectivity index is 1.24. The highest BCUT2D eigenvalue weighted by Gasteiger charge is 2.52. The number of amides is 3. The Morgan fingerprint density at radius 2 is 1.64 bits per heavy atom. The molecular formula is C36H47Br2N5O4. The van der Waals surface area contributed by atoms with Crippen molar-refractivity contribution in [3.8, 4) is 0 Å². The topological polar surface area (TPSA) is 85.4 Å². The number of benzene rings is 2. The SMILES string of the molecule is Cc1c(Br)cc(COC(=O)N2CC[C@@H](N3CCc4ccccc4NC3=O)C[C@@]2(CC=O)N2CCC(C3CCN(C)CC3)CC2)cc1Br. The zero-order valence-corrected chi connectivity index (χ0v) is 30.7. The lowest BCUT2D eigenvalue weighted by Crippen LogP contribution is -2.69. The number of carbonyl (C=O) groups excluding carboxylic acids is 3. The van der Waals surface area contributed by atoms with Crippen molar-refractivity contribution in [3.63, 3.8) is 0 Å². The lowest BCUT2D eigenvalue weighted by molar-refractivity contribution is -0.129. The van der Waals surface area contributed by atoms with Crippen LogP contribution in [0.25, 0.3) is 0 Å². The second-order valence-electron chi connectivity index (χ2n) is 13.9. The van der Waals surface area contributed by atoms with Crippen molar-refractivity contribution in [2.75, 3.05) is 51.6 Å². The normalized spacial score (nSPS) is 25.2. The lowest BCUT2D eigenvalue weighted by Gasteiger charge is -2.57. The van der Waals surface area contributed by atoms with Crippen LogP contribution in [0.15, 0.2) is 45.3 Å². The largest absolute Gasteiger partial charge is 0.444 e. The summed E-state index contributed by atoms with van der Waals surface area (Å²) < 4.78 is 7.89. The third-order valence-electron chi connectivity index (χ3n) is 11.2. The van der Waals surface area contributed by atoms with E-state index in [1.165, 1.54) is 12.8 Å². The summed E-state index contributed by atoms with van der Waals surface area (Å²) >= 11 is 7.21.